The van der Waals surface area contributed by atoms with E-state index in [9.17, 15) is 22.8 Å². The average Bonchev–Trinajstić information content (AvgIpc) is 2.37. The van der Waals surface area contributed by atoms with E-state index in [1.165, 1.54) is 0 Å². The molecular formula is C12H16F3NO3. The fourth-order valence-electron chi connectivity index (χ4n) is 2.96. The van der Waals surface area contributed by atoms with E-state index in [4.69, 9.17) is 4.74 Å². The number of amides is 1. The summed E-state index contributed by atoms with van der Waals surface area (Å²) in [4.78, 5) is 23.8. The molecule has 1 heterocycles. The Bertz CT molecular complexity index is 396. The van der Waals surface area contributed by atoms with Crippen LogP contribution in [-0.4, -0.2) is 48.6 Å². The predicted octanol–water partition coefficient (Wildman–Crippen LogP) is 1.54. The van der Waals surface area contributed by atoms with Crippen molar-refractivity contribution >= 4 is 11.7 Å². The van der Waals surface area contributed by atoms with Crippen molar-refractivity contribution in [1.82, 2.24) is 4.90 Å². The summed E-state index contributed by atoms with van der Waals surface area (Å²) >= 11 is 0. The van der Waals surface area contributed by atoms with Crippen LogP contribution in [0.15, 0.2) is 0 Å². The van der Waals surface area contributed by atoms with Crippen molar-refractivity contribution in [2.45, 2.75) is 38.5 Å². The first-order valence-electron chi connectivity index (χ1n) is 6.32. The summed E-state index contributed by atoms with van der Waals surface area (Å²) in [5, 5.41) is 0. The molecule has 0 N–H and O–H groups in total. The third-order valence-corrected chi connectivity index (χ3v) is 3.96. The van der Waals surface area contributed by atoms with Crippen LogP contribution in [0, 0.1) is 5.41 Å². The molecular weight excluding hydrogens is 263 g/mol. The van der Waals surface area contributed by atoms with E-state index in [1.807, 2.05) is 0 Å². The summed E-state index contributed by atoms with van der Waals surface area (Å²) < 4.78 is 42.7. The second-order valence-corrected chi connectivity index (χ2v) is 5.06. The molecule has 7 heteroatoms. The summed E-state index contributed by atoms with van der Waals surface area (Å²) in [6.45, 7) is 2.06. The molecule has 1 aliphatic heterocycles. The highest BCUT2D eigenvalue weighted by Gasteiger charge is 2.59. The quantitative estimate of drug-likeness (QED) is 0.770. The molecule has 1 spiro atoms. The average molecular weight is 279 g/mol. The molecule has 1 amide bonds. The van der Waals surface area contributed by atoms with Crippen LogP contribution in [0.2, 0.25) is 0 Å². The van der Waals surface area contributed by atoms with Crippen LogP contribution in [0.1, 0.15) is 26.2 Å². The van der Waals surface area contributed by atoms with Gasteiger partial charge in [0.2, 0.25) is 0 Å². The molecule has 2 rings (SSSR count). The van der Waals surface area contributed by atoms with Crippen molar-refractivity contribution in [1.29, 1.82) is 0 Å². The number of Topliss-reactive ketones (excluding diaryl/α,β-unsaturated/α-hetero) is 1. The lowest BCUT2D eigenvalue weighted by Gasteiger charge is -2.52. The zero-order valence-electron chi connectivity index (χ0n) is 10.6. The highest BCUT2D eigenvalue weighted by Crippen LogP contribution is 2.47. The van der Waals surface area contributed by atoms with Gasteiger partial charge in [0.1, 0.15) is 5.78 Å². The summed E-state index contributed by atoms with van der Waals surface area (Å²) in [6, 6.07) is 0. The van der Waals surface area contributed by atoms with Crippen molar-refractivity contribution in [2.75, 3.05) is 19.7 Å². The first-order valence-corrected chi connectivity index (χ1v) is 6.32. The molecule has 2 fully saturated rings. The second kappa shape index (κ2) is 4.77. The Balaban J connectivity index is 2.12. The Labute approximate surface area is 108 Å². The van der Waals surface area contributed by atoms with Crippen LogP contribution in [0.3, 0.4) is 0 Å². The van der Waals surface area contributed by atoms with Gasteiger partial charge in [-0.15, -0.1) is 0 Å². The van der Waals surface area contributed by atoms with Gasteiger partial charge in [0.15, 0.2) is 0 Å². The van der Waals surface area contributed by atoms with Crippen molar-refractivity contribution in [3.05, 3.63) is 0 Å². The van der Waals surface area contributed by atoms with Crippen molar-refractivity contribution in [3.63, 3.8) is 0 Å². The molecule has 0 aromatic carbocycles. The van der Waals surface area contributed by atoms with Crippen LogP contribution < -0.4 is 0 Å². The highest BCUT2D eigenvalue weighted by atomic mass is 19.4. The lowest BCUT2D eigenvalue weighted by atomic mass is 9.60. The smallest absolute Gasteiger partial charge is 0.377 e. The number of halogens is 3. The molecule has 2 atom stereocenters. The minimum absolute atomic E-state index is 0.0478. The molecule has 1 aliphatic carbocycles. The maximum absolute atomic E-state index is 12.4. The fraction of sp³-hybridized carbons (Fsp3) is 0.833. The molecule has 0 unspecified atom stereocenters. The van der Waals surface area contributed by atoms with Crippen LogP contribution in [0.4, 0.5) is 13.2 Å². The number of hydrogen-bond donors (Lipinski definition) is 0. The topological polar surface area (TPSA) is 46.6 Å². The van der Waals surface area contributed by atoms with Gasteiger partial charge in [-0.3, -0.25) is 9.59 Å². The number of piperidine rings is 1. The normalized spacial score (nSPS) is 31.5. The van der Waals surface area contributed by atoms with E-state index in [-0.39, 0.29) is 31.4 Å². The number of hydrogen-bond acceptors (Lipinski definition) is 3. The first-order chi connectivity index (χ1) is 8.81. The van der Waals surface area contributed by atoms with E-state index in [2.05, 4.69) is 0 Å². The first kappa shape index (κ1) is 14.3. The van der Waals surface area contributed by atoms with E-state index in [0.29, 0.717) is 19.4 Å². The Morgan fingerprint density at radius 3 is 2.74 bits per heavy atom. The van der Waals surface area contributed by atoms with Gasteiger partial charge in [0, 0.05) is 26.1 Å². The van der Waals surface area contributed by atoms with Gasteiger partial charge in [-0.05, 0) is 19.8 Å². The van der Waals surface area contributed by atoms with Crippen LogP contribution in [0.5, 0.6) is 0 Å². The number of carbonyl (C=O) groups is 2. The molecule has 4 nitrogen and oxygen atoms in total. The number of nitrogens with zero attached hydrogens (tertiary/aromatic N) is 1. The van der Waals surface area contributed by atoms with Crippen molar-refractivity contribution in [3.8, 4) is 0 Å². The van der Waals surface area contributed by atoms with Gasteiger partial charge in [0.25, 0.3) is 0 Å². The van der Waals surface area contributed by atoms with Gasteiger partial charge in [-0.1, -0.05) is 0 Å². The Hall–Kier alpha value is -1.11. The van der Waals surface area contributed by atoms with Crippen molar-refractivity contribution < 1.29 is 27.5 Å². The van der Waals surface area contributed by atoms with Crippen LogP contribution in [0.25, 0.3) is 0 Å². The third-order valence-electron chi connectivity index (χ3n) is 3.96. The van der Waals surface area contributed by atoms with E-state index < -0.39 is 17.5 Å². The lowest BCUT2D eigenvalue weighted by Crippen LogP contribution is -2.64. The third kappa shape index (κ3) is 2.35. The lowest BCUT2D eigenvalue weighted by molar-refractivity contribution is -0.196. The minimum atomic E-state index is -4.88. The van der Waals surface area contributed by atoms with Gasteiger partial charge in [-0.2, -0.15) is 13.2 Å². The minimum Gasteiger partial charge on any atom is -0.377 e. The molecule has 1 saturated carbocycles. The van der Waals surface area contributed by atoms with E-state index in [0.717, 1.165) is 4.90 Å². The van der Waals surface area contributed by atoms with Gasteiger partial charge in [0.05, 0.1) is 11.5 Å². The number of ketones is 1. The van der Waals surface area contributed by atoms with Gasteiger partial charge >= 0.3 is 12.1 Å². The summed E-state index contributed by atoms with van der Waals surface area (Å²) in [5.74, 6) is -1.95. The molecule has 0 bridgehead atoms. The molecule has 2 aliphatic rings. The van der Waals surface area contributed by atoms with E-state index in [1.54, 1.807) is 6.92 Å². The van der Waals surface area contributed by atoms with E-state index >= 15 is 0 Å². The largest absolute Gasteiger partial charge is 0.471 e. The number of alkyl halides is 3. The van der Waals surface area contributed by atoms with Gasteiger partial charge < -0.3 is 9.64 Å². The van der Waals surface area contributed by atoms with Crippen LogP contribution in [-0.2, 0) is 14.3 Å². The molecule has 19 heavy (non-hydrogen) atoms. The molecule has 1 saturated heterocycles. The summed E-state index contributed by atoms with van der Waals surface area (Å²) in [5.41, 5.74) is -0.908. The SMILES string of the molecule is CCO[C@@H]1CC(=O)[C@@]12CCCN(C(=O)C(F)(F)F)C2. The monoisotopic (exact) mass is 279 g/mol. The zero-order valence-corrected chi connectivity index (χ0v) is 10.6. The molecule has 0 aromatic heterocycles. The Kier molecular flexibility index (Phi) is 3.59. The number of likely N-dealkylation sites (tertiary alicyclic amines) is 1. The van der Waals surface area contributed by atoms with Gasteiger partial charge in [-0.25, -0.2) is 0 Å². The standard InChI is InChI=1S/C12H16F3NO3/c1-2-19-9-6-8(17)11(9)4-3-5-16(7-11)10(18)12(13,14)15/h9H,2-7H2,1H3/t9-,11+/m1/s1. The number of ether oxygens (including phenoxy) is 1. The predicted molar refractivity (Wildman–Crippen MR) is 59.3 cm³/mol. The summed E-state index contributed by atoms with van der Waals surface area (Å²) in [7, 11) is 0. The molecule has 108 valence electrons. The second-order valence-electron chi connectivity index (χ2n) is 5.06. The Morgan fingerprint density at radius 2 is 2.21 bits per heavy atom. The van der Waals surface area contributed by atoms with Crippen LogP contribution >= 0.6 is 0 Å². The number of rotatable bonds is 2. The maximum Gasteiger partial charge on any atom is 0.471 e. The van der Waals surface area contributed by atoms with Crippen molar-refractivity contribution in [2.24, 2.45) is 5.41 Å². The zero-order chi connectivity index (χ0) is 14.3. The Morgan fingerprint density at radius 1 is 1.53 bits per heavy atom. The molecule has 0 radical (unpaired) electrons. The fourth-order valence-corrected chi connectivity index (χ4v) is 2.96. The highest BCUT2D eigenvalue weighted by molar-refractivity contribution is 5.93. The summed E-state index contributed by atoms with van der Waals surface area (Å²) in [6.07, 6.45) is -4.10. The molecule has 0 aromatic rings. The number of carbonyl (C=O) groups excluding carboxylic acids is 2. The maximum atomic E-state index is 12.4.